The number of nitrogens with zero attached hydrogens (tertiary/aromatic N) is 3. The first-order valence-electron chi connectivity index (χ1n) is 11.0. The minimum atomic E-state index is -0.0981. The molecule has 1 aromatic heterocycles. The summed E-state index contributed by atoms with van der Waals surface area (Å²) < 4.78 is 12.3. The minimum Gasteiger partial charge on any atom is -0.484 e. The molecule has 0 atom stereocenters. The lowest BCUT2D eigenvalue weighted by Crippen LogP contribution is -2.40. The van der Waals surface area contributed by atoms with Crippen molar-refractivity contribution in [3.8, 4) is 5.75 Å². The van der Waals surface area contributed by atoms with Crippen LogP contribution in [0.3, 0.4) is 0 Å². The van der Waals surface area contributed by atoms with E-state index in [9.17, 15) is 4.79 Å². The van der Waals surface area contributed by atoms with Gasteiger partial charge in [0.25, 0.3) is 5.91 Å². The van der Waals surface area contributed by atoms with E-state index >= 15 is 0 Å². The number of hydrogen-bond donors (Lipinski definition) is 0. The average Bonchev–Trinajstić information content (AvgIpc) is 3.26. The third-order valence-corrected chi connectivity index (χ3v) is 6.84. The van der Waals surface area contributed by atoms with Crippen LogP contribution in [0.4, 0.5) is 5.13 Å². The number of rotatable bonds is 9. The monoisotopic (exact) mass is 473 g/mol. The maximum atomic E-state index is 13.2. The summed E-state index contributed by atoms with van der Waals surface area (Å²) in [5.74, 6) is 0.521. The Hall–Kier alpha value is -2.19. The van der Waals surface area contributed by atoms with Gasteiger partial charge >= 0.3 is 0 Å². The number of aromatic nitrogens is 1. The fourth-order valence-corrected chi connectivity index (χ4v) is 4.94. The van der Waals surface area contributed by atoms with Crippen LogP contribution in [0, 0.1) is 0 Å². The number of amides is 1. The van der Waals surface area contributed by atoms with Gasteiger partial charge in [-0.2, -0.15) is 0 Å². The van der Waals surface area contributed by atoms with Gasteiger partial charge in [-0.15, -0.1) is 0 Å². The van der Waals surface area contributed by atoms with Gasteiger partial charge in [0.2, 0.25) is 0 Å². The Morgan fingerprint density at radius 1 is 1.22 bits per heavy atom. The van der Waals surface area contributed by atoms with Crippen LogP contribution in [0.1, 0.15) is 18.9 Å². The van der Waals surface area contributed by atoms with Crippen LogP contribution in [0.2, 0.25) is 5.02 Å². The van der Waals surface area contributed by atoms with Crippen molar-refractivity contribution in [1.29, 1.82) is 0 Å². The van der Waals surface area contributed by atoms with E-state index in [-0.39, 0.29) is 12.5 Å². The zero-order chi connectivity index (χ0) is 22.3. The normalized spacial score (nSPS) is 14.6. The predicted molar refractivity (Wildman–Crippen MR) is 130 cm³/mol. The van der Waals surface area contributed by atoms with Gasteiger partial charge in [-0.1, -0.05) is 42.0 Å². The fraction of sp³-hybridized carbons (Fsp3) is 0.417. The molecule has 0 bridgehead atoms. The van der Waals surface area contributed by atoms with E-state index in [1.165, 1.54) is 5.56 Å². The molecule has 0 N–H and O–H groups in total. The Kier molecular flexibility index (Phi) is 7.97. The second-order valence-corrected chi connectivity index (χ2v) is 9.15. The summed E-state index contributed by atoms with van der Waals surface area (Å²) in [7, 11) is 0. The van der Waals surface area contributed by atoms with Gasteiger partial charge < -0.3 is 9.47 Å². The molecule has 0 spiro atoms. The lowest BCUT2D eigenvalue weighted by atomic mass is 10.1. The van der Waals surface area contributed by atoms with Crippen molar-refractivity contribution < 1.29 is 14.3 Å². The first kappa shape index (κ1) is 23.0. The van der Waals surface area contributed by atoms with Gasteiger partial charge in [0.1, 0.15) is 5.75 Å². The van der Waals surface area contributed by atoms with E-state index in [0.717, 1.165) is 61.0 Å². The molecule has 4 rings (SSSR count). The smallest absolute Gasteiger partial charge is 0.266 e. The van der Waals surface area contributed by atoms with E-state index in [1.54, 1.807) is 40.5 Å². The SMILES string of the molecule is CCc1cccc2sc(N(CCCN3CCOCC3)C(=O)COc3ccc(Cl)cc3)nc12. The number of carbonyl (C=O) groups is 1. The van der Waals surface area contributed by atoms with Crippen molar-refractivity contribution in [1.82, 2.24) is 9.88 Å². The maximum absolute atomic E-state index is 13.2. The number of thiazole rings is 1. The van der Waals surface area contributed by atoms with Crippen molar-refractivity contribution in [3.63, 3.8) is 0 Å². The Balaban J connectivity index is 1.48. The molecule has 6 nitrogen and oxygen atoms in total. The summed E-state index contributed by atoms with van der Waals surface area (Å²) in [6.07, 6.45) is 1.77. The molecule has 2 heterocycles. The standard InChI is InChI=1S/C24H28ClN3O3S/c1-2-18-5-3-6-21-23(18)26-24(32-21)28(12-4-11-27-13-15-30-16-14-27)22(29)17-31-20-9-7-19(25)8-10-20/h3,5-10H,2,4,11-17H2,1H3. The third kappa shape index (κ3) is 5.78. The molecule has 8 heteroatoms. The lowest BCUT2D eigenvalue weighted by molar-refractivity contribution is -0.120. The largest absolute Gasteiger partial charge is 0.484 e. The molecule has 3 aromatic rings. The zero-order valence-corrected chi connectivity index (χ0v) is 19.8. The molecular formula is C24H28ClN3O3S. The van der Waals surface area contributed by atoms with Gasteiger partial charge in [-0.05, 0) is 48.7 Å². The summed E-state index contributed by atoms with van der Waals surface area (Å²) in [6.45, 7) is 7.03. The molecule has 32 heavy (non-hydrogen) atoms. The van der Waals surface area contributed by atoms with Crippen molar-refractivity contribution in [2.75, 3.05) is 50.9 Å². The number of ether oxygens (including phenoxy) is 2. The van der Waals surface area contributed by atoms with Gasteiger partial charge in [-0.25, -0.2) is 4.98 Å². The number of morpholine rings is 1. The highest BCUT2D eigenvalue weighted by Crippen LogP contribution is 2.31. The van der Waals surface area contributed by atoms with Gasteiger partial charge in [-0.3, -0.25) is 14.6 Å². The first-order valence-corrected chi connectivity index (χ1v) is 12.2. The number of anilines is 1. The molecule has 0 aliphatic carbocycles. The van der Waals surface area contributed by atoms with Crippen molar-refractivity contribution in [3.05, 3.63) is 53.1 Å². The van der Waals surface area contributed by atoms with Crippen LogP contribution in [0.5, 0.6) is 5.75 Å². The molecule has 2 aromatic carbocycles. The molecular weight excluding hydrogens is 446 g/mol. The summed E-state index contributed by atoms with van der Waals surface area (Å²) in [5.41, 5.74) is 2.18. The van der Waals surface area contributed by atoms with Crippen LogP contribution in [0.25, 0.3) is 10.2 Å². The van der Waals surface area contributed by atoms with E-state index < -0.39 is 0 Å². The Bertz CT molecular complexity index is 1030. The number of halogens is 1. The predicted octanol–water partition coefficient (Wildman–Crippen LogP) is 4.65. The van der Waals surface area contributed by atoms with E-state index in [1.807, 2.05) is 0 Å². The van der Waals surface area contributed by atoms with E-state index in [4.69, 9.17) is 26.1 Å². The molecule has 0 radical (unpaired) electrons. The number of benzene rings is 2. The molecule has 1 amide bonds. The summed E-state index contributed by atoms with van der Waals surface area (Å²) in [4.78, 5) is 22.2. The number of fused-ring (bicyclic) bond motifs is 1. The van der Waals surface area contributed by atoms with E-state index in [2.05, 4.69) is 30.0 Å². The minimum absolute atomic E-state index is 0.0459. The first-order chi connectivity index (χ1) is 15.6. The highest BCUT2D eigenvalue weighted by Gasteiger charge is 2.21. The third-order valence-electron chi connectivity index (χ3n) is 5.54. The molecule has 0 unspecified atom stereocenters. The van der Waals surface area contributed by atoms with Crippen molar-refractivity contribution in [2.24, 2.45) is 0 Å². The molecule has 1 fully saturated rings. The highest BCUT2D eigenvalue weighted by atomic mass is 35.5. The molecule has 1 aliphatic heterocycles. The Morgan fingerprint density at radius 3 is 2.75 bits per heavy atom. The maximum Gasteiger partial charge on any atom is 0.266 e. The van der Waals surface area contributed by atoms with Gasteiger partial charge in [0.15, 0.2) is 11.7 Å². The van der Waals surface area contributed by atoms with Crippen LogP contribution < -0.4 is 9.64 Å². The summed E-state index contributed by atoms with van der Waals surface area (Å²) >= 11 is 7.50. The Morgan fingerprint density at radius 2 is 2.00 bits per heavy atom. The molecule has 1 saturated heterocycles. The number of aryl methyl sites for hydroxylation is 1. The van der Waals surface area contributed by atoms with Crippen molar-refractivity contribution in [2.45, 2.75) is 19.8 Å². The van der Waals surface area contributed by atoms with Gasteiger partial charge in [0.05, 0.1) is 23.4 Å². The highest BCUT2D eigenvalue weighted by molar-refractivity contribution is 7.22. The quantitative estimate of drug-likeness (QED) is 0.453. The zero-order valence-electron chi connectivity index (χ0n) is 18.3. The number of hydrogen-bond acceptors (Lipinski definition) is 6. The molecule has 1 aliphatic rings. The second-order valence-electron chi connectivity index (χ2n) is 7.71. The second kappa shape index (κ2) is 11.1. The number of para-hydroxylation sites is 1. The molecule has 0 saturated carbocycles. The van der Waals surface area contributed by atoms with Crippen LogP contribution in [-0.2, 0) is 16.0 Å². The van der Waals surface area contributed by atoms with Crippen LogP contribution in [0.15, 0.2) is 42.5 Å². The van der Waals surface area contributed by atoms with Crippen LogP contribution >= 0.6 is 22.9 Å². The molecule has 170 valence electrons. The van der Waals surface area contributed by atoms with Gasteiger partial charge in [0, 0.05) is 31.2 Å². The number of carbonyl (C=O) groups excluding carboxylic acids is 1. The van der Waals surface area contributed by atoms with Crippen LogP contribution in [-0.4, -0.2) is 61.8 Å². The summed E-state index contributed by atoms with van der Waals surface area (Å²) in [6, 6.07) is 13.3. The Labute approximate surface area is 197 Å². The topological polar surface area (TPSA) is 54.9 Å². The lowest BCUT2D eigenvalue weighted by Gasteiger charge is -2.27. The fourth-order valence-electron chi connectivity index (χ4n) is 3.75. The van der Waals surface area contributed by atoms with Crippen molar-refractivity contribution >= 4 is 44.2 Å². The summed E-state index contributed by atoms with van der Waals surface area (Å²) in [5, 5.41) is 1.36. The van der Waals surface area contributed by atoms with E-state index in [0.29, 0.717) is 17.3 Å². The average molecular weight is 474 g/mol.